The van der Waals surface area contributed by atoms with E-state index in [1.165, 1.54) is 0 Å². The lowest BCUT2D eigenvalue weighted by Crippen LogP contribution is -2.40. The Hall–Kier alpha value is -2.64. The fourth-order valence-corrected chi connectivity index (χ4v) is 2.69. The molecule has 3 heterocycles. The van der Waals surface area contributed by atoms with Crippen molar-refractivity contribution < 1.29 is 4.79 Å². The minimum atomic E-state index is -0.680. The Bertz CT molecular complexity index is 717. The molecule has 0 bridgehead atoms. The van der Waals surface area contributed by atoms with Crippen LogP contribution in [0.4, 0.5) is 0 Å². The molecule has 0 spiro atoms. The summed E-state index contributed by atoms with van der Waals surface area (Å²) in [7, 11) is 0. The van der Waals surface area contributed by atoms with Gasteiger partial charge in [-0.3, -0.25) is 19.7 Å². The van der Waals surface area contributed by atoms with E-state index in [2.05, 4.69) is 20.2 Å². The summed E-state index contributed by atoms with van der Waals surface area (Å²) in [6, 6.07) is 2.83. The van der Waals surface area contributed by atoms with Gasteiger partial charge in [-0.2, -0.15) is 5.10 Å². The Balaban J connectivity index is 1.94. The number of likely N-dealkylation sites (tertiary alicyclic amines) is 1. The van der Waals surface area contributed by atoms with E-state index in [4.69, 9.17) is 0 Å². The average Bonchev–Trinajstić information content (AvgIpc) is 2.99. The van der Waals surface area contributed by atoms with Crippen molar-refractivity contribution in [1.29, 1.82) is 0 Å². The molecule has 2 aromatic heterocycles. The third kappa shape index (κ3) is 2.64. The predicted octanol–water partition coefficient (Wildman–Crippen LogP) is 0.154. The fourth-order valence-electron chi connectivity index (χ4n) is 2.69. The van der Waals surface area contributed by atoms with Crippen LogP contribution in [0.1, 0.15) is 41.5 Å². The molecule has 1 fully saturated rings. The molecular formula is C13H15N5O3. The van der Waals surface area contributed by atoms with Crippen LogP contribution < -0.4 is 11.2 Å². The third-order valence-corrected chi connectivity index (χ3v) is 3.64. The van der Waals surface area contributed by atoms with Crippen LogP contribution in [0.3, 0.4) is 0 Å². The van der Waals surface area contributed by atoms with Crippen LogP contribution in [0, 0.1) is 0 Å². The highest BCUT2D eigenvalue weighted by molar-refractivity contribution is 5.92. The molecule has 2 aromatic rings. The van der Waals surface area contributed by atoms with Crippen LogP contribution in [0.15, 0.2) is 27.9 Å². The first-order chi connectivity index (χ1) is 10.1. The number of nitrogens with one attached hydrogen (secondary N) is 3. The van der Waals surface area contributed by atoms with E-state index in [1.807, 2.05) is 6.07 Å². The van der Waals surface area contributed by atoms with Crippen molar-refractivity contribution in [2.75, 3.05) is 6.54 Å². The minimum Gasteiger partial charge on any atom is -0.329 e. The number of hydrogen-bond acceptors (Lipinski definition) is 4. The topological polar surface area (TPSA) is 115 Å². The number of hydrogen-bond donors (Lipinski definition) is 3. The molecule has 1 amide bonds. The largest absolute Gasteiger partial charge is 0.329 e. The van der Waals surface area contributed by atoms with Crippen molar-refractivity contribution in [3.8, 4) is 0 Å². The van der Waals surface area contributed by atoms with Crippen LogP contribution in [-0.4, -0.2) is 37.5 Å². The van der Waals surface area contributed by atoms with Gasteiger partial charge in [0.2, 0.25) is 0 Å². The molecule has 0 aromatic carbocycles. The van der Waals surface area contributed by atoms with Gasteiger partial charge in [0.1, 0.15) is 5.69 Å². The molecule has 3 rings (SSSR count). The summed E-state index contributed by atoms with van der Waals surface area (Å²) in [4.78, 5) is 41.3. The highest BCUT2D eigenvalue weighted by atomic mass is 16.2. The maximum Gasteiger partial charge on any atom is 0.326 e. The van der Waals surface area contributed by atoms with Gasteiger partial charge >= 0.3 is 5.69 Å². The van der Waals surface area contributed by atoms with E-state index in [0.29, 0.717) is 6.54 Å². The van der Waals surface area contributed by atoms with Gasteiger partial charge in [-0.05, 0) is 25.3 Å². The average molecular weight is 289 g/mol. The molecule has 110 valence electrons. The van der Waals surface area contributed by atoms with E-state index in [1.54, 1.807) is 11.1 Å². The number of carbonyl (C=O) groups excluding carboxylic acids is 1. The summed E-state index contributed by atoms with van der Waals surface area (Å²) in [5, 5.41) is 6.80. The summed E-state index contributed by atoms with van der Waals surface area (Å²) in [6.45, 7) is 0.581. The Kier molecular flexibility index (Phi) is 3.43. The van der Waals surface area contributed by atoms with E-state index < -0.39 is 11.2 Å². The fraction of sp³-hybridized carbons (Fsp3) is 0.385. The first-order valence-electron chi connectivity index (χ1n) is 6.79. The quantitative estimate of drug-likeness (QED) is 0.730. The maximum atomic E-state index is 12.6. The van der Waals surface area contributed by atoms with Gasteiger partial charge < -0.3 is 9.88 Å². The van der Waals surface area contributed by atoms with Gasteiger partial charge in [0.15, 0.2) is 0 Å². The Labute approximate surface area is 119 Å². The third-order valence-electron chi connectivity index (χ3n) is 3.64. The lowest BCUT2D eigenvalue weighted by atomic mass is 9.99. The van der Waals surface area contributed by atoms with Gasteiger partial charge in [0.25, 0.3) is 11.5 Å². The second-order valence-electron chi connectivity index (χ2n) is 5.02. The first kappa shape index (κ1) is 13.3. The molecular weight excluding hydrogens is 274 g/mol. The maximum absolute atomic E-state index is 12.6. The van der Waals surface area contributed by atoms with Gasteiger partial charge in [-0.25, -0.2) is 4.79 Å². The number of aromatic amines is 3. The number of H-pyrrole nitrogens is 3. The molecule has 0 saturated carbocycles. The Morgan fingerprint density at radius 1 is 1.29 bits per heavy atom. The summed E-state index contributed by atoms with van der Waals surface area (Å²) in [5.41, 5.74) is -0.399. The minimum absolute atomic E-state index is 0.00941. The van der Waals surface area contributed by atoms with Crippen molar-refractivity contribution in [2.24, 2.45) is 0 Å². The van der Waals surface area contributed by atoms with E-state index in [-0.39, 0.29) is 17.6 Å². The van der Waals surface area contributed by atoms with Crippen LogP contribution in [-0.2, 0) is 0 Å². The second kappa shape index (κ2) is 5.39. The standard InChI is InChI=1S/C13H15N5O3/c19-11-7-9(15-13(21)16-11)12(20)18-6-2-1-3-10(18)8-4-5-14-17-8/h4-5,7,10H,1-3,6H2,(H,14,17)(H2,15,16,19,21). The predicted molar refractivity (Wildman–Crippen MR) is 73.9 cm³/mol. The summed E-state index contributed by atoms with van der Waals surface area (Å²) >= 11 is 0. The number of aromatic nitrogens is 4. The summed E-state index contributed by atoms with van der Waals surface area (Å²) in [6.07, 6.45) is 4.37. The number of carbonyl (C=O) groups is 1. The highest BCUT2D eigenvalue weighted by Crippen LogP contribution is 2.30. The molecule has 1 saturated heterocycles. The Morgan fingerprint density at radius 2 is 2.14 bits per heavy atom. The van der Waals surface area contributed by atoms with Gasteiger partial charge in [0, 0.05) is 18.8 Å². The summed E-state index contributed by atoms with van der Waals surface area (Å²) in [5.74, 6) is -0.350. The van der Waals surface area contributed by atoms with Crippen molar-refractivity contribution in [3.63, 3.8) is 0 Å². The number of nitrogens with zero attached hydrogens (tertiary/aromatic N) is 2. The zero-order valence-electron chi connectivity index (χ0n) is 11.3. The molecule has 3 N–H and O–H groups in total. The van der Waals surface area contributed by atoms with Crippen LogP contribution in [0.2, 0.25) is 0 Å². The Morgan fingerprint density at radius 3 is 2.86 bits per heavy atom. The zero-order valence-corrected chi connectivity index (χ0v) is 11.3. The molecule has 1 unspecified atom stereocenters. The molecule has 21 heavy (non-hydrogen) atoms. The molecule has 1 aliphatic heterocycles. The van der Waals surface area contributed by atoms with Crippen LogP contribution in [0.5, 0.6) is 0 Å². The molecule has 8 heteroatoms. The number of piperidine rings is 1. The number of rotatable bonds is 2. The van der Waals surface area contributed by atoms with Crippen LogP contribution >= 0.6 is 0 Å². The first-order valence-corrected chi connectivity index (χ1v) is 6.79. The van der Waals surface area contributed by atoms with Crippen molar-refractivity contribution in [1.82, 2.24) is 25.1 Å². The van der Waals surface area contributed by atoms with Gasteiger partial charge in [-0.1, -0.05) is 0 Å². The van der Waals surface area contributed by atoms with Crippen LogP contribution in [0.25, 0.3) is 0 Å². The normalized spacial score (nSPS) is 18.7. The van der Waals surface area contributed by atoms with Gasteiger partial charge in [0.05, 0.1) is 11.7 Å². The monoisotopic (exact) mass is 289 g/mol. The van der Waals surface area contributed by atoms with E-state index in [0.717, 1.165) is 31.0 Å². The lowest BCUT2D eigenvalue weighted by molar-refractivity contribution is 0.0599. The molecule has 0 radical (unpaired) electrons. The lowest BCUT2D eigenvalue weighted by Gasteiger charge is -2.34. The second-order valence-corrected chi connectivity index (χ2v) is 5.02. The molecule has 1 atom stereocenters. The smallest absolute Gasteiger partial charge is 0.326 e. The van der Waals surface area contributed by atoms with Crippen molar-refractivity contribution >= 4 is 5.91 Å². The molecule has 8 nitrogen and oxygen atoms in total. The summed E-state index contributed by atoms with van der Waals surface area (Å²) < 4.78 is 0. The highest BCUT2D eigenvalue weighted by Gasteiger charge is 2.30. The van der Waals surface area contributed by atoms with Gasteiger partial charge in [-0.15, -0.1) is 0 Å². The van der Waals surface area contributed by atoms with Crippen molar-refractivity contribution in [3.05, 3.63) is 50.6 Å². The molecule has 0 aliphatic carbocycles. The van der Waals surface area contributed by atoms with Crippen molar-refractivity contribution in [2.45, 2.75) is 25.3 Å². The molecule has 1 aliphatic rings. The SMILES string of the molecule is O=C(c1cc(=O)[nH]c(=O)[nH]1)N1CCCCC1c1ccn[nH]1. The zero-order chi connectivity index (χ0) is 14.8. The van der Waals surface area contributed by atoms with E-state index >= 15 is 0 Å². The van der Waals surface area contributed by atoms with E-state index in [9.17, 15) is 14.4 Å². The number of amides is 1.